The normalized spacial score (nSPS) is 11.6. The van der Waals surface area contributed by atoms with Crippen LogP contribution in [0.4, 0.5) is 14.5 Å². The van der Waals surface area contributed by atoms with Gasteiger partial charge in [-0.25, -0.2) is 21.9 Å². The standard InChI is InChI=1S/C13H11ClF2N2O2S/c14-10-5-11(16)12(17)6-13(10)21(19,20)18-7-8-1-3-9(15)4-2-8/h1-6,18H,7,17H2. The average molecular weight is 333 g/mol. The molecule has 0 aromatic heterocycles. The molecule has 0 aliphatic carbocycles. The lowest BCUT2D eigenvalue weighted by Gasteiger charge is -2.09. The molecule has 0 radical (unpaired) electrons. The Morgan fingerprint density at radius 1 is 1.14 bits per heavy atom. The third-order valence-electron chi connectivity index (χ3n) is 2.72. The van der Waals surface area contributed by atoms with Crippen molar-refractivity contribution in [2.75, 3.05) is 5.73 Å². The van der Waals surface area contributed by atoms with Gasteiger partial charge in [0, 0.05) is 6.54 Å². The molecule has 4 nitrogen and oxygen atoms in total. The quantitative estimate of drug-likeness (QED) is 0.845. The van der Waals surface area contributed by atoms with E-state index in [1.165, 1.54) is 24.3 Å². The number of hydrogen-bond acceptors (Lipinski definition) is 3. The zero-order chi connectivity index (χ0) is 15.6. The number of nitrogen functional groups attached to an aromatic ring is 1. The van der Waals surface area contributed by atoms with Gasteiger partial charge in [0.1, 0.15) is 16.5 Å². The predicted octanol–water partition coefficient (Wildman–Crippen LogP) is 2.68. The smallest absolute Gasteiger partial charge is 0.242 e. The molecule has 3 N–H and O–H groups in total. The summed E-state index contributed by atoms with van der Waals surface area (Å²) in [5.74, 6) is -1.21. The molecule has 0 fully saturated rings. The molecular weight excluding hydrogens is 322 g/mol. The third-order valence-corrected chi connectivity index (χ3v) is 4.59. The molecule has 0 amide bonds. The van der Waals surface area contributed by atoms with Crippen molar-refractivity contribution in [1.82, 2.24) is 4.72 Å². The highest BCUT2D eigenvalue weighted by atomic mass is 35.5. The van der Waals surface area contributed by atoms with Gasteiger partial charge in [-0.15, -0.1) is 0 Å². The van der Waals surface area contributed by atoms with Crippen molar-refractivity contribution in [3.8, 4) is 0 Å². The minimum Gasteiger partial charge on any atom is -0.396 e. The topological polar surface area (TPSA) is 72.2 Å². The monoisotopic (exact) mass is 332 g/mol. The second-order valence-corrected chi connectivity index (χ2v) is 6.40. The lowest BCUT2D eigenvalue weighted by Crippen LogP contribution is -2.23. The summed E-state index contributed by atoms with van der Waals surface area (Å²) < 4.78 is 52.4. The Morgan fingerprint density at radius 3 is 2.38 bits per heavy atom. The Hall–Kier alpha value is -1.70. The van der Waals surface area contributed by atoms with Crippen molar-refractivity contribution in [2.45, 2.75) is 11.4 Å². The van der Waals surface area contributed by atoms with Gasteiger partial charge in [0.05, 0.1) is 10.7 Å². The Balaban J connectivity index is 2.22. The molecule has 0 aliphatic rings. The minimum atomic E-state index is -3.96. The van der Waals surface area contributed by atoms with E-state index in [2.05, 4.69) is 4.72 Å². The molecule has 0 bridgehead atoms. The van der Waals surface area contributed by atoms with Crippen molar-refractivity contribution < 1.29 is 17.2 Å². The molecule has 0 saturated carbocycles. The van der Waals surface area contributed by atoms with Crippen molar-refractivity contribution in [3.63, 3.8) is 0 Å². The van der Waals surface area contributed by atoms with Crippen molar-refractivity contribution in [3.05, 3.63) is 58.6 Å². The van der Waals surface area contributed by atoms with Crippen LogP contribution in [0, 0.1) is 11.6 Å². The fourth-order valence-corrected chi connectivity index (χ4v) is 3.17. The van der Waals surface area contributed by atoms with E-state index >= 15 is 0 Å². The summed E-state index contributed by atoms with van der Waals surface area (Å²) >= 11 is 5.72. The second kappa shape index (κ2) is 5.97. The zero-order valence-electron chi connectivity index (χ0n) is 10.6. The van der Waals surface area contributed by atoms with Gasteiger partial charge in [0.15, 0.2) is 0 Å². The van der Waals surface area contributed by atoms with Crippen LogP contribution in [0.5, 0.6) is 0 Å². The highest BCUT2D eigenvalue weighted by Crippen LogP contribution is 2.26. The van der Waals surface area contributed by atoms with Crippen molar-refractivity contribution in [1.29, 1.82) is 0 Å². The molecule has 21 heavy (non-hydrogen) atoms. The van der Waals surface area contributed by atoms with Gasteiger partial charge in [-0.05, 0) is 29.8 Å². The first-order valence-corrected chi connectivity index (χ1v) is 7.64. The maximum atomic E-state index is 13.2. The minimum absolute atomic E-state index is 0.0593. The van der Waals surface area contributed by atoms with Gasteiger partial charge < -0.3 is 5.73 Å². The molecule has 0 heterocycles. The van der Waals surface area contributed by atoms with E-state index in [4.69, 9.17) is 17.3 Å². The number of nitrogens with two attached hydrogens (primary N) is 1. The zero-order valence-corrected chi connectivity index (χ0v) is 12.2. The number of hydrogen-bond donors (Lipinski definition) is 2. The number of benzene rings is 2. The first-order chi connectivity index (χ1) is 9.79. The fourth-order valence-electron chi connectivity index (χ4n) is 1.61. The fraction of sp³-hybridized carbons (Fsp3) is 0.0769. The number of halogens is 3. The summed E-state index contributed by atoms with van der Waals surface area (Å²) in [5, 5.41) is -0.270. The van der Waals surface area contributed by atoms with E-state index in [9.17, 15) is 17.2 Å². The number of anilines is 1. The maximum Gasteiger partial charge on any atom is 0.242 e. The molecule has 2 aromatic carbocycles. The van der Waals surface area contributed by atoms with Gasteiger partial charge in [0.25, 0.3) is 0 Å². The van der Waals surface area contributed by atoms with E-state index in [-0.39, 0.29) is 22.2 Å². The maximum absolute atomic E-state index is 13.2. The molecule has 112 valence electrons. The molecule has 0 unspecified atom stereocenters. The Bertz CT molecular complexity index is 764. The molecule has 0 aliphatic heterocycles. The van der Waals surface area contributed by atoms with Gasteiger partial charge >= 0.3 is 0 Å². The lowest BCUT2D eigenvalue weighted by molar-refractivity contribution is 0.580. The SMILES string of the molecule is Nc1cc(S(=O)(=O)NCc2ccc(F)cc2)c(Cl)cc1F. The van der Waals surface area contributed by atoms with Gasteiger partial charge in [-0.2, -0.15) is 0 Å². The summed E-state index contributed by atoms with van der Waals surface area (Å²) in [6.07, 6.45) is 0. The van der Waals surface area contributed by atoms with E-state index in [0.29, 0.717) is 5.56 Å². The summed E-state index contributed by atoms with van der Waals surface area (Å²) in [4.78, 5) is -0.315. The molecule has 2 aromatic rings. The van der Waals surface area contributed by atoms with Gasteiger partial charge in [-0.1, -0.05) is 23.7 Å². The first kappa shape index (κ1) is 15.7. The van der Waals surface area contributed by atoms with Crippen LogP contribution < -0.4 is 10.5 Å². The number of rotatable bonds is 4. The van der Waals surface area contributed by atoms with Crippen LogP contribution in [0.3, 0.4) is 0 Å². The predicted molar refractivity (Wildman–Crippen MR) is 76.2 cm³/mol. The van der Waals surface area contributed by atoms with E-state index < -0.39 is 21.7 Å². The van der Waals surface area contributed by atoms with Crippen LogP contribution in [0.2, 0.25) is 5.02 Å². The molecule has 2 rings (SSSR count). The first-order valence-electron chi connectivity index (χ1n) is 5.78. The van der Waals surface area contributed by atoms with Crippen LogP contribution in [-0.4, -0.2) is 8.42 Å². The van der Waals surface area contributed by atoms with E-state index in [1.54, 1.807) is 0 Å². The molecule has 0 spiro atoms. The van der Waals surface area contributed by atoms with E-state index in [1.807, 2.05) is 0 Å². The molecule has 0 saturated heterocycles. The second-order valence-electron chi connectivity index (χ2n) is 4.26. The summed E-state index contributed by atoms with van der Waals surface area (Å²) in [6.45, 7) is -0.0593. The highest BCUT2D eigenvalue weighted by molar-refractivity contribution is 7.89. The number of nitrogens with one attached hydrogen (secondary N) is 1. The van der Waals surface area contributed by atoms with Crippen molar-refractivity contribution >= 4 is 27.3 Å². The third kappa shape index (κ3) is 3.69. The Morgan fingerprint density at radius 2 is 1.76 bits per heavy atom. The van der Waals surface area contributed by atoms with Gasteiger partial charge in [0.2, 0.25) is 10.0 Å². The van der Waals surface area contributed by atoms with Crippen LogP contribution in [0.1, 0.15) is 5.56 Å². The average Bonchev–Trinajstić information content (AvgIpc) is 2.42. The van der Waals surface area contributed by atoms with Crippen LogP contribution in [-0.2, 0) is 16.6 Å². The largest absolute Gasteiger partial charge is 0.396 e. The van der Waals surface area contributed by atoms with Crippen molar-refractivity contribution in [2.24, 2.45) is 0 Å². The van der Waals surface area contributed by atoms with Crippen LogP contribution in [0.15, 0.2) is 41.3 Å². The lowest BCUT2D eigenvalue weighted by atomic mass is 10.2. The van der Waals surface area contributed by atoms with Gasteiger partial charge in [-0.3, -0.25) is 0 Å². The summed E-state index contributed by atoms with van der Waals surface area (Å²) in [7, 11) is -3.96. The summed E-state index contributed by atoms with van der Waals surface area (Å²) in [6, 6.07) is 7.10. The Labute approximate surface area is 125 Å². The molecule has 0 atom stereocenters. The summed E-state index contributed by atoms with van der Waals surface area (Å²) in [5.41, 5.74) is 5.59. The van der Waals surface area contributed by atoms with Crippen LogP contribution >= 0.6 is 11.6 Å². The molecule has 8 heteroatoms. The highest BCUT2D eigenvalue weighted by Gasteiger charge is 2.19. The Kier molecular flexibility index (Phi) is 4.46. The number of sulfonamides is 1. The van der Waals surface area contributed by atoms with E-state index in [0.717, 1.165) is 12.1 Å². The molecular formula is C13H11ClF2N2O2S. The van der Waals surface area contributed by atoms with Crippen LogP contribution in [0.25, 0.3) is 0 Å².